The molecule has 0 saturated heterocycles. The Morgan fingerprint density at radius 3 is 2.09 bits per heavy atom. The summed E-state index contributed by atoms with van der Waals surface area (Å²) in [6.07, 6.45) is -0.233. The minimum absolute atomic E-state index is 0.0716. The minimum Gasteiger partial charge on any atom is -0.466 e. The number of ether oxygens (including phenoxy) is 1. The molecule has 126 valence electrons. The van der Waals surface area contributed by atoms with E-state index >= 15 is 0 Å². The first kappa shape index (κ1) is 17.4. The van der Waals surface area contributed by atoms with Crippen molar-refractivity contribution in [1.29, 1.82) is 0 Å². The van der Waals surface area contributed by atoms with Gasteiger partial charge in [-0.2, -0.15) is 0 Å². The lowest BCUT2D eigenvalue weighted by Crippen LogP contribution is -2.23. The number of methoxy groups -OCH3 is 1. The molecule has 0 aromatic carbocycles. The van der Waals surface area contributed by atoms with Crippen LogP contribution in [0.3, 0.4) is 0 Å². The summed E-state index contributed by atoms with van der Waals surface area (Å²) >= 11 is 0. The van der Waals surface area contributed by atoms with Gasteiger partial charge in [-0.25, -0.2) is 4.79 Å². The van der Waals surface area contributed by atoms with E-state index in [-0.39, 0.29) is 10.8 Å². The quantitative estimate of drug-likeness (QED) is 0.785. The molecule has 2 heterocycles. The number of aromatic nitrogens is 1. The zero-order valence-electron chi connectivity index (χ0n) is 15.1. The van der Waals surface area contributed by atoms with E-state index in [0.717, 1.165) is 22.7 Å². The summed E-state index contributed by atoms with van der Waals surface area (Å²) in [5, 5.41) is 4.09. The molecule has 0 amide bonds. The summed E-state index contributed by atoms with van der Waals surface area (Å²) in [7, 11) is 1.35. The molecule has 5 nitrogen and oxygen atoms in total. The molecule has 0 radical (unpaired) electrons. The van der Waals surface area contributed by atoms with Gasteiger partial charge in [-0.05, 0) is 12.1 Å². The fraction of sp³-hybridized carbons (Fsp3) is 0.611. The predicted molar refractivity (Wildman–Crippen MR) is 89.7 cm³/mol. The van der Waals surface area contributed by atoms with Crippen LogP contribution < -0.4 is 0 Å². The first-order chi connectivity index (χ1) is 10.5. The fourth-order valence-electron chi connectivity index (χ4n) is 2.27. The Hall–Kier alpha value is -1.91. The van der Waals surface area contributed by atoms with Crippen molar-refractivity contribution in [2.24, 2.45) is 5.16 Å². The zero-order chi connectivity index (χ0) is 17.4. The molecule has 1 atom stereocenters. The van der Waals surface area contributed by atoms with E-state index in [4.69, 9.17) is 14.6 Å². The zero-order valence-corrected chi connectivity index (χ0v) is 15.1. The third kappa shape index (κ3) is 3.89. The number of pyridine rings is 1. The number of nitrogens with zero attached hydrogens (tertiary/aromatic N) is 2. The van der Waals surface area contributed by atoms with E-state index in [2.05, 4.69) is 46.7 Å². The van der Waals surface area contributed by atoms with Crippen molar-refractivity contribution in [3.63, 3.8) is 0 Å². The molecule has 0 spiro atoms. The molecule has 1 aromatic heterocycles. The normalized spacial score (nSPS) is 18.4. The van der Waals surface area contributed by atoms with Crippen LogP contribution in [-0.4, -0.2) is 29.9 Å². The van der Waals surface area contributed by atoms with Gasteiger partial charge < -0.3 is 9.57 Å². The van der Waals surface area contributed by atoms with Gasteiger partial charge in [0.05, 0.1) is 12.8 Å². The molecule has 1 aliphatic heterocycles. The summed E-state index contributed by atoms with van der Waals surface area (Å²) in [6.45, 7) is 12.8. The topological polar surface area (TPSA) is 60.8 Å². The van der Waals surface area contributed by atoms with E-state index in [1.54, 1.807) is 0 Å². The second-order valence-corrected chi connectivity index (χ2v) is 7.99. The number of oxime groups is 1. The van der Waals surface area contributed by atoms with Gasteiger partial charge in [0.2, 0.25) is 6.10 Å². The molecule has 1 aliphatic rings. The molecule has 5 heteroatoms. The van der Waals surface area contributed by atoms with Crippen molar-refractivity contribution in [3.8, 4) is 0 Å². The van der Waals surface area contributed by atoms with E-state index in [1.807, 2.05) is 12.1 Å². The van der Waals surface area contributed by atoms with Crippen molar-refractivity contribution in [3.05, 3.63) is 29.1 Å². The highest BCUT2D eigenvalue weighted by Gasteiger charge is 2.31. The third-order valence-electron chi connectivity index (χ3n) is 3.83. The van der Waals surface area contributed by atoms with Crippen molar-refractivity contribution >= 4 is 11.7 Å². The molecule has 1 aromatic rings. The number of esters is 1. The average Bonchev–Trinajstić information content (AvgIpc) is 2.94. The minimum atomic E-state index is -0.653. The van der Waals surface area contributed by atoms with Crippen LogP contribution in [0.1, 0.15) is 64.9 Å². The maximum absolute atomic E-state index is 11.6. The summed E-state index contributed by atoms with van der Waals surface area (Å²) in [4.78, 5) is 21.7. The Morgan fingerprint density at radius 2 is 1.65 bits per heavy atom. The largest absolute Gasteiger partial charge is 0.466 e. The van der Waals surface area contributed by atoms with Crippen LogP contribution in [0.4, 0.5) is 0 Å². The smallest absolute Gasteiger partial charge is 0.350 e. The maximum atomic E-state index is 11.6. The monoisotopic (exact) mass is 318 g/mol. The molecular formula is C18H26N2O3. The van der Waals surface area contributed by atoms with Crippen LogP contribution >= 0.6 is 0 Å². The standard InChI is InChI=1S/C18H26N2O3/c1-17(2,3)14-8-11(9-15(19-14)18(4,5)6)12-10-13(23-20-12)16(21)22-7/h8-9,13H,10H2,1-7H3. The van der Waals surface area contributed by atoms with Crippen LogP contribution in [0.2, 0.25) is 0 Å². The molecular weight excluding hydrogens is 292 g/mol. The summed E-state index contributed by atoms with van der Waals surface area (Å²) in [5.74, 6) is -0.398. The Morgan fingerprint density at radius 1 is 1.13 bits per heavy atom. The summed E-state index contributed by atoms with van der Waals surface area (Å²) in [6, 6.07) is 4.08. The molecule has 0 N–H and O–H groups in total. The van der Waals surface area contributed by atoms with Crippen molar-refractivity contribution < 1.29 is 14.4 Å². The lowest BCUT2D eigenvalue weighted by atomic mass is 9.85. The lowest BCUT2D eigenvalue weighted by Gasteiger charge is -2.24. The van der Waals surface area contributed by atoms with Gasteiger partial charge in [0.25, 0.3) is 0 Å². The molecule has 0 fully saturated rings. The van der Waals surface area contributed by atoms with E-state index in [9.17, 15) is 4.79 Å². The Labute approximate surface area is 138 Å². The number of carbonyl (C=O) groups excluding carboxylic acids is 1. The van der Waals surface area contributed by atoms with Gasteiger partial charge in [0.1, 0.15) is 0 Å². The van der Waals surface area contributed by atoms with E-state index in [1.165, 1.54) is 7.11 Å². The van der Waals surface area contributed by atoms with Crippen molar-refractivity contribution in [2.45, 2.75) is 64.9 Å². The third-order valence-corrected chi connectivity index (χ3v) is 3.83. The van der Waals surface area contributed by atoms with Crippen LogP contribution in [0, 0.1) is 0 Å². The molecule has 23 heavy (non-hydrogen) atoms. The number of hydrogen-bond donors (Lipinski definition) is 0. The highest BCUT2D eigenvalue weighted by atomic mass is 16.7. The number of rotatable bonds is 2. The summed E-state index contributed by atoms with van der Waals surface area (Å²) in [5.41, 5.74) is 3.59. The first-order valence-electron chi connectivity index (χ1n) is 7.86. The lowest BCUT2D eigenvalue weighted by molar-refractivity contribution is -0.152. The van der Waals surface area contributed by atoms with E-state index < -0.39 is 12.1 Å². The van der Waals surface area contributed by atoms with Gasteiger partial charge in [0, 0.05) is 34.2 Å². The molecule has 1 unspecified atom stereocenters. The highest BCUT2D eigenvalue weighted by molar-refractivity contribution is 6.03. The highest BCUT2D eigenvalue weighted by Crippen LogP contribution is 2.29. The maximum Gasteiger partial charge on any atom is 0.350 e. The Kier molecular flexibility index (Phi) is 4.51. The predicted octanol–water partition coefficient (Wildman–Crippen LogP) is 3.34. The number of hydrogen-bond acceptors (Lipinski definition) is 5. The van der Waals surface area contributed by atoms with Crippen molar-refractivity contribution in [1.82, 2.24) is 4.98 Å². The molecule has 0 aliphatic carbocycles. The second-order valence-electron chi connectivity index (χ2n) is 7.99. The molecule has 2 rings (SSSR count). The van der Waals surface area contributed by atoms with Crippen LogP contribution in [0.5, 0.6) is 0 Å². The van der Waals surface area contributed by atoms with Gasteiger partial charge in [-0.1, -0.05) is 46.7 Å². The molecule has 0 bridgehead atoms. The average molecular weight is 318 g/mol. The SMILES string of the molecule is COC(=O)C1CC(c2cc(C(C)(C)C)nc(C(C)(C)C)c2)=NO1. The van der Waals surface area contributed by atoms with Crippen LogP contribution in [0.15, 0.2) is 17.3 Å². The number of carbonyl (C=O) groups is 1. The van der Waals surface area contributed by atoms with Crippen LogP contribution in [0.25, 0.3) is 0 Å². The van der Waals surface area contributed by atoms with Gasteiger partial charge in [-0.3, -0.25) is 4.98 Å². The Bertz CT molecular complexity index is 604. The second kappa shape index (κ2) is 5.95. The molecule has 0 saturated carbocycles. The first-order valence-corrected chi connectivity index (χ1v) is 7.86. The van der Waals surface area contributed by atoms with E-state index in [0.29, 0.717) is 6.42 Å². The van der Waals surface area contributed by atoms with Gasteiger partial charge >= 0.3 is 5.97 Å². The van der Waals surface area contributed by atoms with Crippen LogP contribution in [-0.2, 0) is 25.2 Å². The van der Waals surface area contributed by atoms with Crippen molar-refractivity contribution in [2.75, 3.05) is 7.11 Å². The van der Waals surface area contributed by atoms with Gasteiger partial charge in [0.15, 0.2) is 0 Å². The Balaban J connectivity index is 2.41. The summed E-state index contributed by atoms with van der Waals surface area (Å²) < 4.78 is 4.72. The fourth-order valence-corrected chi connectivity index (χ4v) is 2.27. The van der Waals surface area contributed by atoms with Gasteiger partial charge in [-0.15, -0.1) is 0 Å².